The first-order chi connectivity index (χ1) is 41.0. The van der Waals surface area contributed by atoms with Gasteiger partial charge in [0.2, 0.25) is 0 Å². The second kappa shape index (κ2) is 69.5. The third-order valence-corrected chi connectivity index (χ3v) is 14.0. The van der Waals surface area contributed by atoms with Crippen LogP contribution < -0.4 is 0 Å². The van der Waals surface area contributed by atoms with E-state index >= 15 is 0 Å². The van der Waals surface area contributed by atoms with Gasteiger partial charge < -0.3 is 14.2 Å². The fourth-order valence-corrected chi connectivity index (χ4v) is 8.95. The van der Waals surface area contributed by atoms with Crippen LogP contribution in [-0.2, 0) is 28.6 Å². The van der Waals surface area contributed by atoms with Gasteiger partial charge in [0.1, 0.15) is 13.2 Å². The fourth-order valence-electron chi connectivity index (χ4n) is 8.95. The number of allylic oxidation sites excluding steroid dienone is 26. The van der Waals surface area contributed by atoms with Crippen LogP contribution in [0.4, 0.5) is 0 Å². The van der Waals surface area contributed by atoms with Gasteiger partial charge in [0, 0.05) is 19.3 Å². The van der Waals surface area contributed by atoms with E-state index in [1.54, 1.807) is 0 Å². The monoisotopic (exact) mass is 1140 g/mol. The standard InChI is InChI=1S/C77H124O6/c1-4-7-10-13-16-19-21-23-25-27-29-31-33-34-35-36-37-38-39-40-41-42-44-45-47-49-51-53-55-58-61-64-67-70-76(79)82-73-74(72-81-75(78)69-66-63-60-57-18-15-12-9-6-3)83-77(80)71-68-65-62-59-56-54-52-50-48-46-43-32-30-28-26-24-22-20-17-14-11-8-5-2/h7,10,16,19,22-25,28-31,34-35,37-38,40-41,43-46,49,51,55,58,74H,4-6,8-9,11-15,17-18,20-21,26-27,32-33,36,39,42,47-48,50,52-54,56-57,59-73H2,1-3H3/b10-7-,19-16-,24-22-,25-23-,30-28-,31-29-,35-34-,38-37-,41-40-,45-44-,46-43-,51-49-,58-55-. The van der Waals surface area contributed by atoms with E-state index in [4.69, 9.17) is 14.2 Å². The van der Waals surface area contributed by atoms with Crippen molar-refractivity contribution in [3.63, 3.8) is 0 Å². The highest BCUT2D eigenvalue weighted by atomic mass is 16.6. The summed E-state index contributed by atoms with van der Waals surface area (Å²) in [5.41, 5.74) is 0. The maximum atomic E-state index is 12.9. The Hall–Kier alpha value is -4.97. The van der Waals surface area contributed by atoms with Crippen LogP contribution in [0, 0.1) is 0 Å². The average Bonchev–Trinajstić information content (AvgIpc) is 3.49. The molecule has 0 aromatic rings. The highest BCUT2D eigenvalue weighted by molar-refractivity contribution is 5.71. The number of carbonyl (C=O) groups is 3. The van der Waals surface area contributed by atoms with Gasteiger partial charge in [-0.05, 0) is 135 Å². The van der Waals surface area contributed by atoms with Gasteiger partial charge in [-0.3, -0.25) is 14.4 Å². The molecule has 0 aliphatic carbocycles. The largest absolute Gasteiger partial charge is 0.462 e. The van der Waals surface area contributed by atoms with Crippen LogP contribution in [0.1, 0.15) is 290 Å². The second-order valence-electron chi connectivity index (χ2n) is 22.0. The van der Waals surface area contributed by atoms with Crippen LogP contribution in [0.5, 0.6) is 0 Å². The average molecular weight is 1150 g/mol. The molecule has 6 nitrogen and oxygen atoms in total. The van der Waals surface area contributed by atoms with Gasteiger partial charge in [-0.2, -0.15) is 0 Å². The smallest absolute Gasteiger partial charge is 0.306 e. The van der Waals surface area contributed by atoms with Gasteiger partial charge in [0.05, 0.1) is 0 Å². The molecule has 0 saturated carbocycles. The molecule has 0 bridgehead atoms. The van der Waals surface area contributed by atoms with Crippen molar-refractivity contribution in [2.45, 2.75) is 297 Å². The van der Waals surface area contributed by atoms with Crippen molar-refractivity contribution in [2.75, 3.05) is 13.2 Å². The Morgan fingerprint density at radius 2 is 0.470 bits per heavy atom. The summed E-state index contributed by atoms with van der Waals surface area (Å²) in [5, 5.41) is 0. The van der Waals surface area contributed by atoms with Crippen molar-refractivity contribution in [1.29, 1.82) is 0 Å². The molecule has 0 N–H and O–H groups in total. The zero-order chi connectivity index (χ0) is 59.9. The Morgan fingerprint density at radius 3 is 0.759 bits per heavy atom. The summed E-state index contributed by atoms with van der Waals surface area (Å²) >= 11 is 0. The maximum absolute atomic E-state index is 12.9. The van der Waals surface area contributed by atoms with Crippen LogP contribution in [0.15, 0.2) is 158 Å². The van der Waals surface area contributed by atoms with Crippen molar-refractivity contribution in [1.82, 2.24) is 0 Å². The van der Waals surface area contributed by atoms with Crippen LogP contribution in [-0.4, -0.2) is 37.2 Å². The van der Waals surface area contributed by atoms with Gasteiger partial charge in [-0.1, -0.05) is 294 Å². The molecule has 0 amide bonds. The topological polar surface area (TPSA) is 78.9 Å². The molecule has 468 valence electrons. The normalized spacial score (nSPS) is 13.1. The number of hydrogen-bond acceptors (Lipinski definition) is 6. The number of carbonyl (C=O) groups excluding carboxylic acids is 3. The van der Waals surface area contributed by atoms with Gasteiger partial charge in [-0.25, -0.2) is 0 Å². The molecule has 0 aliphatic rings. The van der Waals surface area contributed by atoms with E-state index in [-0.39, 0.29) is 31.1 Å². The van der Waals surface area contributed by atoms with Gasteiger partial charge in [-0.15, -0.1) is 0 Å². The molecule has 1 atom stereocenters. The number of rotatable bonds is 60. The predicted octanol–water partition coefficient (Wildman–Crippen LogP) is 23.7. The molecule has 0 aromatic heterocycles. The lowest BCUT2D eigenvalue weighted by Gasteiger charge is -2.18. The van der Waals surface area contributed by atoms with Crippen LogP contribution in [0.3, 0.4) is 0 Å². The Kier molecular flexibility index (Phi) is 65.4. The number of ether oxygens (including phenoxy) is 3. The summed E-state index contributed by atoms with van der Waals surface area (Å²) in [6.45, 7) is 6.45. The highest BCUT2D eigenvalue weighted by Crippen LogP contribution is 2.15. The van der Waals surface area contributed by atoms with Gasteiger partial charge >= 0.3 is 17.9 Å². The molecule has 0 fully saturated rings. The quantitative estimate of drug-likeness (QED) is 0.0261. The maximum Gasteiger partial charge on any atom is 0.306 e. The van der Waals surface area contributed by atoms with Crippen molar-refractivity contribution < 1.29 is 28.6 Å². The predicted molar refractivity (Wildman–Crippen MR) is 362 cm³/mol. The third kappa shape index (κ3) is 67.7. The minimum Gasteiger partial charge on any atom is -0.462 e. The molecular formula is C77H124O6. The van der Waals surface area contributed by atoms with Crippen molar-refractivity contribution in [3.8, 4) is 0 Å². The van der Waals surface area contributed by atoms with Crippen molar-refractivity contribution in [3.05, 3.63) is 158 Å². The molecule has 0 radical (unpaired) electrons. The van der Waals surface area contributed by atoms with Crippen LogP contribution >= 0.6 is 0 Å². The van der Waals surface area contributed by atoms with E-state index in [2.05, 4.69) is 179 Å². The highest BCUT2D eigenvalue weighted by Gasteiger charge is 2.19. The summed E-state index contributed by atoms with van der Waals surface area (Å²) in [4.78, 5) is 38.2. The second-order valence-corrected chi connectivity index (χ2v) is 22.0. The summed E-state index contributed by atoms with van der Waals surface area (Å²) in [6, 6.07) is 0. The minimum atomic E-state index is -0.806. The number of esters is 3. The Morgan fingerprint density at radius 1 is 0.253 bits per heavy atom. The molecule has 1 unspecified atom stereocenters. The Labute approximate surface area is 511 Å². The van der Waals surface area contributed by atoms with E-state index in [1.807, 2.05) is 0 Å². The first-order valence-electron chi connectivity index (χ1n) is 34.0. The Balaban J connectivity index is 4.33. The third-order valence-electron chi connectivity index (χ3n) is 14.0. The lowest BCUT2D eigenvalue weighted by atomic mass is 10.1. The fraction of sp³-hybridized carbons (Fsp3) is 0.623. The van der Waals surface area contributed by atoms with Crippen LogP contribution in [0.25, 0.3) is 0 Å². The first-order valence-corrected chi connectivity index (χ1v) is 34.0. The first kappa shape index (κ1) is 78.0. The molecular weight excluding hydrogens is 1020 g/mol. The van der Waals surface area contributed by atoms with E-state index in [0.717, 1.165) is 135 Å². The molecule has 6 heteroatoms. The SMILES string of the molecule is CC/C=C\C/C=C\C/C=C\C/C=C\C/C=C\C/C=C\C/C=C\C/C=C\C/C=C\C/C=C\CCCCC(=O)OCC(COC(=O)CCCCCCCCCCC)OC(=O)CCCCCCCCCC/C=C\C/C=C\C/C=C\CCCCCCC. The van der Waals surface area contributed by atoms with E-state index < -0.39 is 6.10 Å². The number of hydrogen-bond donors (Lipinski definition) is 0. The Bertz CT molecular complexity index is 1840. The molecule has 0 aliphatic heterocycles. The van der Waals surface area contributed by atoms with Crippen molar-refractivity contribution in [2.24, 2.45) is 0 Å². The zero-order valence-corrected chi connectivity index (χ0v) is 53.7. The molecule has 83 heavy (non-hydrogen) atoms. The molecule has 0 spiro atoms. The van der Waals surface area contributed by atoms with Gasteiger partial charge in [0.25, 0.3) is 0 Å². The minimum absolute atomic E-state index is 0.0987. The zero-order valence-electron chi connectivity index (χ0n) is 53.7. The molecule has 0 rings (SSSR count). The van der Waals surface area contributed by atoms with Gasteiger partial charge in [0.15, 0.2) is 6.10 Å². The lowest BCUT2D eigenvalue weighted by molar-refractivity contribution is -0.167. The summed E-state index contributed by atoms with van der Waals surface area (Å²) in [5.74, 6) is -0.955. The summed E-state index contributed by atoms with van der Waals surface area (Å²) in [6.07, 6.45) is 101. The van der Waals surface area contributed by atoms with E-state index in [1.165, 1.54) is 109 Å². The number of unbranched alkanes of at least 4 members (excludes halogenated alkanes) is 23. The summed E-state index contributed by atoms with van der Waals surface area (Å²) in [7, 11) is 0. The van der Waals surface area contributed by atoms with Crippen molar-refractivity contribution >= 4 is 17.9 Å². The van der Waals surface area contributed by atoms with E-state index in [0.29, 0.717) is 25.7 Å². The molecule has 0 saturated heterocycles. The van der Waals surface area contributed by atoms with Crippen LogP contribution in [0.2, 0.25) is 0 Å². The lowest BCUT2D eigenvalue weighted by Crippen LogP contribution is -2.30. The summed E-state index contributed by atoms with van der Waals surface area (Å²) < 4.78 is 16.8. The van der Waals surface area contributed by atoms with E-state index in [9.17, 15) is 14.4 Å². The molecule has 0 heterocycles. The molecule has 0 aromatic carbocycles.